The fraction of sp³-hybridized carbons (Fsp3) is 0.500. The van der Waals surface area contributed by atoms with E-state index in [9.17, 15) is 0 Å². The van der Waals surface area contributed by atoms with Crippen molar-refractivity contribution < 1.29 is 14.2 Å². The molecule has 1 aromatic carbocycles. The highest BCUT2D eigenvalue weighted by Crippen LogP contribution is 2.37. The first-order valence-corrected chi connectivity index (χ1v) is 10.3. The summed E-state index contributed by atoms with van der Waals surface area (Å²) < 4.78 is 16.7. The van der Waals surface area contributed by atoms with Gasteiger partial charge in [-0.3, -0.25) is 5.41 Å². The molecule has 1 saturated heterocycles. The van der Waals surface area contributed by atoms with Gasteiger partial charge >= 0.3 is 0 Å². The highest BCUT2D eigenvalue weighted by Gasteiger charge is 2.30. The molecule has 2 N–H and O–H groups in total. The Morgan fingerprint density at radius 3 is 2.80 bits per heavy atom. The van der Waals surface area contributed by atoms with E-state index in [1.165, 1.54) is 5.56 Å². The van der Waals surface area contributed by atoms with E-state index < -0.39 is 0 Å². The van der Waals surface area contributed by atoms with E-state index in [4.69, 9.17) is 24.6 Å². The van der Waals surface area contributed by atoms with Gasteiger partial charge in [0.05, 0.1) is 14.2 Å². The SMILES string of the molecule is COc1ccc2c(c1OC)CN(C(=NC=N)c1nc(C)[nH]c1C1CCOCC1)CC2. The molecule has 2 aromatic rings. The molecule has 30 heavy (non-hydrogen) atoms. The van der Waals surface area contributed by atoms with Crippen molar-refractivity contribution in [1.82, 2.24) is 14.9 Å². The van der Waals surface area contributed by atoms with Crippen LogP contribution in [0, 0.1) is 12.3 Å². The van der Waals surface area contributed by atoms with Gasteiger partial charge in [-0.1, -0.05) is 6.07 Å². The number of aromatic nitrogens is 2. The zero-order chi connectivity index (χ0) is 21.1. The molecular formula is C22H29N5O3. The molecule has 8 nitrogen and oxygen atoms in total. The van der Waals surface area contributed by atoms with E-state index in [2.05, 4.69) is 20.9 Å². The number of methoxy groups -OCH3 is 2. The third kappa shape index (κ3) is 3.79. The van der Waals surface area contributed by atoms with E-state index in [1.807, 2.05) is 13.0 Å². The van der Waals surface area contributed by atoms with Crippen molar-refractivity contribution in [2.75, 3.05) is 34.0 Å². The molecule has 2 aliphatic heterocycles. The van der Waals surface area contributed by atoms with Crippen molar-refractivity contribution in [3.05, 3.63) is 40.5 Å². The summed E-state index contributed by atoms with van der Waals surface area (Å²) in [5.74, 6) is 3.43. The molecule has 1 aromatic heterocycles. The van der Waals surface area contributed by atoms with Crippen LogP contribution >= 0.6 is 0 Å². The number of nitrogens with one attached hydrogen (secondary N) is 2. The van der Waals surface area contributed by atoms with Crippen molar-refractivity contribution in [2.45, 2.75) is 38.6 Å². The fourth-order valence-electron chi connectivity index (χ4n) is 4.46. The quantitative estimate of drug-likeness (QED) is 0.582. The Morgan fingerprint density at radius 1 is 1.30 bits per heavy atom. The topological polar surface area (TPSA) is 95.8 Å². The highest BCUT2D eigenvalue weighted by molar-refractivity contribution is 6.02. The first-order chi connectivity index (χ1) is 14.7. The van der Waals surface area contributed by atoms with Crippen LogP contribution in [0.5, 0.6) is 11.5 Å². The second-order valence-corrected chi connectivity index (χ2v) is 7.66. The van der Waals surface area contributed by atoms with Crippen molar-refractivity contribution in [3.8, 4) is 11.5 Å². The third-order valence-corrected chi connectivity index (χ3v) is 5.92. The van der Waals surface area contributed by atoms with E-state index in [0.717, 1.165) is 85.5 Å². The molecule has 0 atom stereocenters. The van der Waals surface area contributed by atoms with Crippen LogP contribution in [0.15, 0.2) is 17.1 Å². The molecule has 8 heteroatoms. The van der Waals surface area contributed by atoms with E-state index in [1.54, 1.807) is 14.2 Å². The standard InChI is InChI=1S/C22H29N5O3/c1-14-25-19(16-7-10-30-11-8-16)20(26-14)22(24-13-23)27-9-6-15-4-5-18(28-2)21(29-3)17(15)12-27/h4-5,13,16,23H,6-12H2,1-3H3,(H,25,26). The summed E-state index contributed by atoms with van der Waals surface area (Å²) >= 11 is 0. The van der Waals surface area contributed by atoms with Crippen LogP contribution in [0.1, 0.15) is 47.1 Å². The summed E-state index contributed by atoms with van der Waals surface area (Å²) in [4.78, 5) is 14.9. The largest absolute Gasteiger partial charge is 0.493 e. The van der Waals surface area contributed by atoms with E-state index >= 15 is 0 Å². The summed E-state index contributed by atoms with van der Waals surface area (Å²) in [6, 6.07) is 4.06. The maximum absolute atomic E-state index is 7.67. The summed E-state index contributed by atoms with van der Waals surface area (Å²) in [5.41, 5.74) is 4.29. The lowest BCUT2D eigenvalue weighted by Gasteiger charge is -2.33. The maximum atomic E-state index is 7.67. The van der Waals surface area contributed by atoms with Crippen molar-refractivity contribution >= 4 is 12.2 Å². The predicted molar refractivity (Wildman–Crippen MR) is 115 cm³/mol. The highest BCUT2D eigenvalue weighted by atomic mass is 16.5. The zero-order valence-electron chi connectivity index (χ0n) is 17.8. The predicted octanol–water partition coefficient (Wildman–Crippen LogP) is 3.04. The molecule has 0 bridgehead atoms. The number of ether oxygens (including phenoxy) is 3. The number of aromatic amines is 1. The van der Waals surface area contributed by atoms with Crippen molar-refractivity contribution in [2.24, 2.45) is 4.99 Å². The minimum absolute atomic E-state index is 0.359. The second-order valence-electron chi connectivity index (χ2n) is 7.66. The Kier molecular flexibility index (Phi) is 6.03. The van der Waals surface area contributed by atoms with Crippen LogP contribution in [0.25, 0.3) is 0 Å². The smallest absolute Gasteiger partial charge is 0.165 e. The number of amidine groups is 1. The summed E-state index contributed by atoms with van der Waals surface area (Å²) in [6.07, 6.45) is 3.88. The average molecular weight is 412 g/mol. The van der Waals surface area contributed by atoms with Gasteiger partial charge < -0.3 is 24.1 Å². The van der Waals surface area contributed by atoms with Gasteiger partial charge in [0.2, 0.25) is 0 Å². The molecule has 160 valence electrons. The Hall–Kier alpha value is -2.87. The molecule has 3 heterocycles. The van der Waals surface area contributed by atoms with Gasteiger partial charge in [-0.2, -0.15) is 0 Å². The number of hydrogen-bond acceptors (Lipinski definition) is 5. The van der Waals surface area contributed by atoms with E-state index in [-0.39, 0.29) is 0 Å². The lowest BCUT2D eigenvalue weighted by Crippen LogP contribution is -2.38. The average Bonchev–Trinajstić information content (AvgIpc) is 3.18. The monoisotopic (exact) mass is 411 g/mol. The summed E-state index contributed by atoms with van der Waals surface area (Å²) in [7, 11) is 3.32. The fourth-order valence-corrected chi connectivity index (χ4v) is 4.46. The second kappa shape index (κ2) is 8.87. The molecule has 2 aliphatic rings. The number of benzene rings is 1. The molecule has 0 unspecified atom stereocenters. The minimum Gasteiger partial charge on any atom is -0.493 e. The molecular weight excluding hydrogens is 382 g/mol. The van der Waals surface area contributed by atoms with Gasteiger partial charge in [-0.25, -0.2) is 9.98 Å². The summed E-state index contributed by atoms with van der Waals surface area (Å²) in [6.45, 7) is 4.91. The molecule has 0 spiro atoms. The summed E-state index contributed by atoms with van der Waals surface area (Å²) in [5, 5.41) is 7.67. The van der Waals surface area contributed by atoms with Crippen LogP contribution in [-0.4, -0.2) is 61.0 Å². The molecule has 0 aliphatic carbocycles. The Bertz CT molecular complexity index is 946. The molecule has 0 radical (unpaired) electrons. The number of rotatable bonds is 5. The first-order valence-electron chi connectivity index (χ1n) is 10.3. The molecule has 1 fully saturated rings. The zero-order valence-corrected chi connectivity index (χ0v) is 17.8. The first kappa shape index (κ1) is 20.4. The lowest BCUT2D eigenvalue weighted by molar-refractivity contribution is 0.0845. The Morgan fingerprint density at radius 2 is 2.10 bits per heavy atom. The van der Waals surface area contributed by atoms with Crippen LogP contribution < -0.4 is 9.47 Å². The number of H-pyrrole nitrogens is 1. The number of fused-ring (bicyclic) bond motifs is 1. The minimum atomic E-state index is 0.359. The van der Waals surface area contributed by atoms with Gasteiger partial charge in [0.15, 0.2) is 17.3 Å². The number of aliphatic imine (C=N–C) groups is 1. The van der Waals surface area contributed by atoms with Gasteiger partial charge in [0.25, 0.3) is 0 Å². The Labute approximate surface area is 176 Å². The van der Waals surface area contributed by atoms with Gasteiger partial charge in [-0.15, -0.1) is 0 Å². The third-order valence-electron chi connectivity index (χ3n) is 5.92. The van der Waals surface area contributed by atoms with Gasteiger partial charge in [0, 0.05) is 43.5 Å². The normalized spacial score (nSPS) is 17.6. The lowest BCUT2D eigenvalue weighted by atomic mass is 9.94. The van der Waals surface area contributed by atoms with Crippen LogP contribution in [0.3, 0.4) is 0 Å². The van der Waals surface area contributed by atoms with Crippen molar-refractivity contribution in [1.29, 1.82) is 5.41 Å². The number of imidazole rings is 1. The molecule has 0 saturated carbocycles. The Balaban J connectivity index is 1.71. The number of hydrogen-bond donors (Lipinski definition) is 2. The number of nitrogens with zero attached hydrogens (tertiary/aromatic N) is 3. The van der Waals surface area contributed by atoms with Crippen molar-refractivity contribution in [3.63, 3.8) is 0 Å². The maximum Gasteiger partial charge on any atom is 0.165 e. The number of aryl methyl sites for hydroxylation is 1. The van der Waals surface area contributed by atoms with E-state index in [0.29, 0.717) is 12.5 Å². The van der Waals surface area contributed by atoms with Crippen LogP contribution in [0.4, 0.5) is 0 Å². The van der Waals surface area contributed by atoms with Gasteiger partial charge in [0.1, 0.15) is 17.9 Å². The molecule has 0 amide bonds. The van der Waals surface area contributed by atoms with Crippen LogP contribution in [-0.2, 0) is 17.7 Å². The van der Waals surface area contributed by atoms with Crippen LogP contribution in [0.2, 0.25) is 0 Å². The molecule has 4 rings (SSSR count). The van der Waals surface area contributed by atoms with Gasteiger partial charge in [-0.05, 0) is 37.8 Å².